The van der Waals surface area contributed by atoms with Gasteiger partial charge in [-0.15, -0.1) is 0 Å². The first-order valence-corrected chi connectivity index (χ1v) is 6.40. The van der Waals surface area contributed by atoms with Crippen molar-refractivity contribution in [1.29, 1.82) is 0 Å². The van der Waals surface area contributed by atoms with Gasteiger partial charge in [-0.2, -0.15) is 5.10 Å². The summed E-state index contributed by atoms with van der Waals surface area (Å²) in [6, 6.07) is 4.34. The molecule has 1 aromatic carbocycles. The van der Waals surface area contributed by atoms with Gasteiger partial charge in [0.15, 0.2) is 11.6 Å². The number of anilines is 1. The van der Waals surface area contributed by atoms with Crippen LogP contribution in [-0.4, -0.2) is 15.8 Å². The number of hydrogen-bond acceptors (Lipinski definition) is 2. The Bertz CT molecular complexity index is 669. The van der Waals surface area contributed by atoms with Crippen LogP contribution in [0.1, 0.15) is 24.2 Å². The molecule has 1 heterocycles. The van der Waals surface area contributed by atoms with Gasteiger partial charge >= 0.3 is 6.03 Å². The van der Waals surface area contributed by atoms with Gasteiger partial charge in [0.2, 0.25) is 0 Å². The lowest BCUT2D eigenvalue weighted by atomic mass is 10.1. The SMILES string of the molecule is Cc1cc(NC(=O)NC(C)c2ccc(F)c(F)c2)n(C)n1. The number of benzene rings is 1. The second-order valence-electron chi connectivity index (χ2n) is 4.79. The van der Waals surface area contributed by atoms with Crippen molar-refractivity contribution in [1.82, 2.24) is 15.1 Å². The van der Waals surface area contributed by atoms with Gasteiger partial charge in [0.1, 0.15) is 5.82 Å². The van der Waals surface area contributed by atoms with Gasteiger partial charge in [0.05, 0.1) is 11.7 Å². The minimum atomic E-state index is -0.941. The first-order valence-electron chi connectivity index (χ1n) is 6.40. The molecular weight excluding hydrogens is 278 g/mol. The number of hydrogen-bond donors (Lipinski definition) is 2. The van der Waals surface area contributed by atoms with E-state index in [1.165, 1.54) is 10.7 Å². The molecule has 2 rings (SSSR count). The van der Waals surface area contributed by atoms with Crippen molar-refractivity contribution in [3.05, 3.63) is 47.2 Å². The molecule has 0 bridgehead atoms. The number of nitrogens with one attached hydrogen (secondary N) is 2. The summed E-state index contributed by atoms with van der Waals surface area (Å²) in [5, 5.41) is 9.39. The number of nitrogens with zero attached hydrogens (tertiary/aromatic N) is 2. The highest BCUT2D eigenvalue weighted by molar-refractivity contribution is 5.88. The fourth-order valence-corrected chi connectivity index (χ4v) is 1.94. The molecular formula is C14H16F2N4O. The van der Waals surface area contributed by atoms with E-state index in [0.29, 0.717) is 11.4 Å². The molecule has 5 nitrogen and oxygen atoms in total. The van der Waals surface area contributed by atoms with Gasteiger partial charge in [-0.25, -0.2) is 13.6 Å². The molecule has 0 radical (unpaired) electrons. The summed E-state index contributed by atoms with van der Waals surface area (Å²) < 4.78 is 27.6. The van der Waals surface area contributed by atoms with Crippen molar-refractivity contribution in [2.24, 2.45) is 7.05 Å². The van der Waals surface area contributed by atoms with Crippen LogP contribution in [-0.2, 0) is 7.05 Å². The number of amides is 2. The predicted octanol–water partition coefficient (Wildman–Crippen LogP) is 2.89. The zero-order chi connectivity index (χ0) is 15.6. The molecule has 2 N–H and O–H groups in total. The molecule has 0 aliphatic heterocycles. The highest BCUT2D eigenvalue weighted by atomic mass is 19.2. The Morgan fingerprint density at radius 2 is 2.00 bits per heavy atom. The molecule has 1 aromatic heterocycles. The lowest BCUT2D eigenvalue weighted by Crippen LogP contribution is -2.31. The first kappa shape index (κ1) is 15.0. The van der Waals surface area contributed by atoms with E-state index in [4.69, 9.17) is 0 Å². The maximum Gasteiger partial charge on any atom is 0.320 e. The Morgan fingerprint density at radius 3 is 2.57 bits per heavy atom. The Labute approximate surface area is 121 Å². The maximum absolute atomic E-state index is 13.2. The zero-order valence-corrected chi connectivity index (χ0v) is 11.9. The number of urea groups is 1. The molecule has 0 aliphatic carbocycles. The van der Waals surface area contributed by atoms with Crippen LogP contribution in [0.2, 0.25) is 0 Å². The number of carbonyl (C=O) groups is 1. The Hall–Kier alpha value is -2.44. The standard InChI is InChI=1S/C14H16F2N4O/c1-8-6-13(20(3)19-8)18-14(21)17-9(2)10-4-5-11(15)12(16)7-10/h4-7,9H,1-3H3,(H2,17,18,21). The van der Waals surface area contributed by atoms with E-state index in [1.54, 1.807) is 20.0 Å². The van der Waals surface area contributed by atoms with Gasteiger partial charge in [-0.1, -0.05) is 6.07 Å². The van der Waals surface area contributed by atoms with E-state index in [1.807, 2.05) is 6.92 Å². The van der Waals surface area contributed by atoms with Crippen LogP contribution in [0.5, 0.6) is 0 Å². The van der Waals surface area contributed by atoms with Crippen molar-refractivity contribution in [2.75, 3.05) is 5.32 Å². The van der Waals surface area contributed by atoms with Crippen molar-refractivity contribution < 1.29 is 13.6 Å². The largest absolute Gasteiger partial charge is 0.331 e. The summed E-state index contributed by atoms with van der Waals surface area (Å²) in [4.78, 5) is 11.9. The van der Waals surface area contributed by atoms with Crippen LogP contribution in [0.3, 0.4) is 0 Å². The molecule has 7 heteroatoms. The molecule has 1 unspecified atom stereocenters. The van der Waals surface area contributed by atoms with E-state index in [2.05, 4.69) is 15.7 Å². The van der Waals surface area contributed by atoms with Crippen molar-refractivity contribution in [3.63, 3.8) is 0 Å². The maximum atomic E-state index is 13.2. The Balaban J connectivity index is 2.01. The van der Waals surface area contributed by atoms with Gasteiger partial charge in [-0.3, -0.25) is 10.00 Å². The van der Waals surface area contributed by atoms with Crippen LogP contribution in [0, 0.1) is 18.6 Å². The molecule has 0 saturated carbocycles. The normalized spacial score (nSPS) is 12.0. The quantitative estimate of drug-likeness (QED) is 0.914. The number of halogens is 2. The van der Waals surface area contributed by atoms with Crippen LogP contribution in [0.25, 0.3) is 0 Å². The molecule has 2 aromatic rings. The fraction of sp³-hybridized carbons (Fsp3) is 0.286. The number of aromatic nitrogens is 2. The summed E-state index contributed by atoms with van der Waals surface area (Å²) in [7, 11) is 1.71. The second kappa shape index (κ2) is 5.90. The van der Waals surface area contributed by atoms with Crippen molar-refractivity contribution >= 4 is 11.8 Å². The average molecular weight is 294 g/mol. The van der Waals surface area contributed by atoms with E-state index >= 15 is 0 Å². The average Bonchev–Trinajstić information content (AvgIpc) is 2.70. The molecule has 0 saturated heterocycles. The minimum Gasteiger partial charge on any atom is -0.331 e. The summed E-state index contributed by atoms with van der Waals surface area (Å²) >= 11 is 0. The highest BCUT2D eigenvalue weighted by Gasteiger charge is 2.13. The molecule has 2 amide bonds. The topological polar surface area (TPSA) is 59.0 Å². The second-order valence-corrected chi connectivity index (χ2v) is 4.79. The van der Waals surface area contributed by atoms with Crippen LogP contribution in [0.4, 0.5) is 19.4 Å². The third kappa shape index (κ3) is 3.56. The summed E-state index contributed by atoms with van der Waals surface area (Å²) in [6.07, 6.45) is 0. The Morgan fingerprint density at radius 1 is 1.29 bits per heavy atom. The number of rotatable bonds is 3. The molecule has 0 aliphatic rings. The fourth-order valence-electron chi connectivity index (χ4n) is 1.94. The third-order valence-electron chi connectivity index (χ3n) is 3.03. The zero-order valence-electron chi connectivity index (χ0n) is 11.9. The van der Waals surface area contributed by atoms with Gasteiger partial charge in [-0.05, 0) is 31.5 Å². The first-order chi connectivity index (χ1) is 9.86. The van der Waals surface area contributed by atoms with Crippen LogP contribution in [0.15, 0.2) is 24.3 Å². The molecule has 1 atom stereocenters. The smallest absolute Gasteiger partial charge is 0.320 e. The van der Waals surface area contributed by atoms with Gasteiger partial charge in [0.25, 0.3) is 0 Å². The van der Waals surface area contributed by atoms with Crippen molar-refractivity contribution in [3.8, 4) is 0 Å². The molecule has 0 spiro atoms. The van der Waals surface area contributed by atoms with Gasteiger partial charge in [0, 0.05) is 13.1 Å². The van der Waals surface area contributed by atoms with E-state index < -0.39 is 23.7 Å². The van der Waals surface area contributed by atoms with E-state index in [-0.39, 0.29) is 0 Å². The number of aryl methyl sites for hydroxylation is 2. The van der Waals surface area contributed by atoms with E-state index in [9.17, 15) is 13.6 Å². The Kier molecular flexibility index (Phi) is 4.21. The monoisotopic (exact) mass is 294 g/mol. The lowest BCUT2D eigenvalue weighted by molar-refractivity contribution is 0.249. The van der Waals surface area contributed by atoms with Crippen LogP contribution >= 0.6 is 0 Å². The predicted molar refractivity (Wildman–Crippen MR) is 74.9 cm³/mol. The lowest BCUT2D eigenvalue weighted by Gasteiger charge is -2.15. The van der Waals surface area contributed by atoms with E-state index in [0.717, 1.165) is 17.8 Å². The highest BCUT2D eigenvalue weighted by Crippen LogP contribution is 2.16. The summed E-state index contributed by atoms with van der Waals surface area (Å²) in [5.41, 5.74) is 1.26. The molecule has 112 valence electrons. The third-order valence-corrected chi connectivity index (χ3v) is 3.03. The van der Waals surface area contributed by atoms with Crippen LogP contribution < -0.4 is 10.6 Å². The molecule has 21 heavy (non-hydrogen) atoms. The van der Waals surface area contributed by atoms with Crippen molar-refractivity contribution in [2.45, 2.75) is 19.9 Å². The minimum absolute atomic E-state index is 0.449. The summed E-state index contributed by atoms with van der Waals surface area (Å²) in [5.74, 6) is -1.31. The number of carbonyl (C=O) groups excluding carboxylic acids is 1. The molecule has 0 fully saturated rings. The summed E-state index contributed by atoms with van der Waals surface area (Å²) in [6.45, 7) is 3.49. The van der Waals surface area contributed by atoms with Gasteiger partial charge < -0.3 is 5.32 Å².